The Morgan fingerprint density at radius 2 is 1.94 bits per heavy atom. The number of hydrogen-bond acceptors (Lipinski definition) is 2. The molecule has 3 rings (SSSR count). The van der Waals surface area contributed by atoms with Gasteiger partial charge in [-0.1, -0.05) is 31.4 Å². The van der Waals surface area contributed by atoms with E-state index in [2.05, 4.69) is 15.6 Å². The van der Waals surface area contributed by atoms with Gasteiger partial charge in [0.25, 0.3) is 0 Å². The minimum atomic E-state index is -0.233. The van der Waals surface area contributed by atoms with Gasteiger partial charge in [0.2, 0.25) is 0 Å². The van der Waals surface area contributed by atoms with Gasteiger partial charge in [0.05, 0.1) is 23.2 Å². The van der Waals surface area contributed by atoms with Gasteiger partial charge in [-0.2, -0.15) is 0 Å². The van der Waals surface area contributed by atoms with Crippen LogP contribution in [-0.4, -0.2) is 20.8 Å². The molecule has 1 heterocycles. The first-order valence-corrected chi connectivity index (χ1v) is 6.89. The number of aryl methyl sites for hydroxylation is 1. The third kappa shape index (κ3) is 1.93. The van der Waals surface area contributed by atoms with Crippen LogP contribution in [-0.2, 0) is 0 Å². The molecule has 1 aliphatic carbocycles. The quantitative estimate of drug-likeness (QED) is 0.782. The molecule has 1 fully saturated rings. The average Bonchev–Trinajstić information content (AvgIpc) is 2.55. The summed E-state index contributed by atoms with van der Waals surface area (Å²) in [5, 5.41) is 10.4. The van der Waals surface area contributed by atoms with E-state index in [1.54, 1.807) is 0 Å². The fraction of sp³-hybridized carbons (Fsp3) is 0.533. The van der Waals surface area contributed by atoms with Crippen molar-refractivity contribution in [1.82, 2.24) is 9.55 Å². The summed E-state index contributed by atoms with van der Waals surface area (Å²) in [5.41, 5.74) is 2.19. The number of hydrogen-bond donors (Lipinski definition) is 1. The smallest absolute Gasteiger partial charge is 0.107 e. The number of aliphatic hydroxyl groups is 1. The molecule has 3 heteroatoms. The van der Waals surface area contributed by atoms with Crippen LogP contribution in [0, 0.1) is 6.92 Å². The Kier molecular flexibility index (Phi) is 3.08. The zero-order chi connectivity index (χ0) is 12.5. The van der Waals surface area contributed by atoms with Crippen molar-refractivity contribution in [3.8, 4) is 0 Å². The highest BCUT2D eigenvalue weighted by molar-refractivity contribution is 5.76. The van der Waals surface area contributed by atoms with Gasteiger partial charge < -0.3 is 9.67 Å². The summed E-state index contributed by atoms with van der Waals surface area (Å²) in [6.45, 7) is 2.04. The lowest BCUT2D eigenvalue weighted by Gasteiger charge is -2.24. The number of aromatic nitrogens is 2. The molecule has 1 aliphatic rings. The van der Waals surface area contributed by atoms with Gasteiger partial charge in [0, 0.05) is 0 Å². The normalized spacial score (nSPS) is 25.2. The molecule has 2 aromatic rings. The zero-order valence-electron chi connectivity index (χ0n) is 10.8. The summed E-state index contributed by atoms with van der Waals surface area (Å²) >= 11 is 0. The lowest BCUT2D eigenvalue weighted by molar-refractivity contribution is 0.106. The highest BCUT2D eigenvalue weighted by atomic mass is 16.3. The summed E-state index contributed by atoms with van der Waals surface area (Å²) in [6, 6.07) is 8.40. The van der Waals surface area contributed by atoms with Crippen LogP contribution in [0.1, 0.15) is 44.0 Å². The molecule has 0 spiro atoms. The molecule has 1 saturated carbocycles. The summed E-state index contributed by atoms with van der Waals surface area (Å²) in [6.07, 6.45) is 5.32. The molecular weight excluding hydrogens is 224 g/mol. The summed E-state index contributed by atoms with van der Waals surface area (Å²) in [7, 11) is 0. The van der Waals surface area contributed by atoms with Crippen LogP contribution in [0.2, 0.25) is 0 Å². The van der Waals surface area contributed by atoms with Gasteiger partial charge in [-0.3, -0.25) is 0 Å². The molecule has 0 saturated heterocycles. The molecule has 96 valence electrons. The predicted octanol–water partition coefficient (Wildman–Crippen LogP) is 3.21. The maximum absolute atomic E-state index is 10.4. The Labute approximate surface area is 107 Å². The minimum absolute atomic E-state index is 0.194. The second kappa shape index (κ2) is 4.73. The SMILES string of the molecule is Cc1nc2ccccc2n1C1CCCCCC1O. The molecule has 2 atom stereocenters. The Bertz CT molecular complexity index is 546. The van der Waals surface area contributed by atoms with Crippen molar-refractivity contribution in [2.45, 2.75) is 51.2 Å². The van der Waals surface area contributed by atoms with Crippen LogP contribution in [0.25, 0.3) is 11.0 Å². The molecule has 0 aliphatic heterocycles. The van der Waals surface area contributed by atoms with E-state index >= 15 is 0 Å². The van der Waals surface area contributed by atoms with E-state index in [1.165, 1.54) is 12.8 Å². The van der Waals surface area contributed by atoms with Gasteiger partial charge in [-0.25, -0.2) is 4.98 Å². The van der Waals surface area contributed by atoms with Crippen LogP contribution < -0.4 is 0 Å². The first-order chi connectivity index (χ1) is 8.77. The Balaban J connectivity index is 2.09. The van der Waals surface area contributed by atoms with Gasteiger partial charge in [-0.15, -0.1) is 0 Å². The molecule has 0 amide bonds. The number of rotatable bonds is 1. The van der Waals surface area contributed by atoms with E-state index in [9.17, 15) is 5.11 Å². The van der Waals surface area contributed by atoms with Crippen molar-refractivity contribution in [1.29, 1.82) is 0 Å². The first-order valence-electron chi connectivity index (χ1n) is 6.89. The van der Waals surface area contributed by atoms with Gasteiger partial charge in [0.1, 0.15) is 5.82 Å². The summed E-state index contributed by atoms with van der Waals surface area (Å²) in [4.78, 5) is 4.61. The lowest BCUT2D eigenvalue weighted by atomic mass is 10.1. The number of benzene rings is 1. The molecule has 0 radical (unpaired) electrons. The van der Waals surface area contributed by atoms with Gasteiger partial charge in [-0.05, 0) is 31.9 Å². The van der Waals surface area contributed by atoms with E-state index < -0.39 is 0 Å². The van der Waals surface area contributed by atoms with Crippen molar-refractivity contribution >= 4 is 11.0 Å². The van der Waals surface area contributed by atoms with E-state index in [-0.39, 0.29) is 12.1 Å². The Morgan fingerprint density at radius 1 is 1.17 bits per heavy atom. The largest absolute Gasteiger partial charge is 0.391 e. The molecule has 1 aromatic carbocycles. The molecule has 0 bridgehead atoms. The van der Waals surface area contributed by atoms with Crippen LogP contribution in [0.4, 0.5) is 0 Å². The second-order valence-electron chi connectivity index (χ2n) is 5.29. The van der Waals surface area contributed by atoms with Crippen LogP contribution in [0.5, 0.6) is 0 Å². The maximum Gasteiger partial charge on any atom is 0.107 e. The number of nitrogens with zero attached hydrogens (tertiary/aromatic N) is 2. The minimum Gasteiger partial charge on any atom is -0.391 e. The first kappa shape index (κ1) is 11.7. The zero-order valence-corrected chi connectivity index (χ0v) is 10.8. The third-order valence-corrected chi connectivity index (χ3v) is 4.05. The third-order valence-electron chi connectivity index (χ3n) is 4.05. The van der Waals surface area contributed by atoms with Crippen LogP contribution >= 0.6 is 0 Å². The second-order valence-corrected chi connectivity index (χ2v) is 5.29. The number of fused-ring (bicyclic) bond motifs is 1. The van der Waals surface area contributed by atoms with Crippen LogP contribution in [0.3, 0.4) is 0 Å². The van der Waals surface area contributed by atoms with Crippen molar-refractivity contribution in [3.63, 3.8) is 0 Å². The fourth-order valence-electron chi connectivity index (χ4n) is 3.15. The Hall–Kier alpha value is -1.35. The molecule has 2 unspecified atom stereocenters. The molecular formula is C15H20N2O. The average molecular weight is 244 g/mol. The summed E-state index contributed by atoms with van der Waals surface area (Å²) < 4.78 is 2.24. The number of imidazole rings is 1. The highest BCUT2D eigenvalue weighted by Crippen LogP contribution is 2.31. The number of para-hydroxylation sites is 2. The Morgan fingerprint density at radius 3 is 2.83 bits per heavy atom. The molecule has 1 N–H and O–H groups in total. The van der Waals surface area contributed by atoms with Crippen molar-refractivity contribution in [3.05, 3.63) is 30.1 Å². The van der Waals surface area contributed by atoms with E-state index in [0.717, 1.165) is 36.1 Å². The monoisotopic (exact) mass is 244 g/mol. The lowest BCUT2D eigenvalue weighted by Crippen LogP contribution is -2.23. The predicted molar refractivity (Wildman–Crippen MR) is 72.6 cm³/mol. The van der Waals surface area contributed by atoms with Crippen LogP contribution in [0.15, 0.2) is 24.3 Å². The number of aliphatic hydroxyl groups excluding tert-OH is 1. The van der Waals surface area contributed by atoms with Crippen molar-refractivity contribution < 1.29 is 5.11 Å². The standard InChI is InChI=1S/C15H20N2O/c1-11-16-12-7-5-6-8-13(12)17(11)14-9-3-2-4-10-15(14)18/h5-8,14-15,18H,2-4,9-10H2,1H3. The van der Waals surface area contributed by atoms with Crippen molar-refractivity contribution in [2.75, 3.05) is 0 Å². The van der Waals surface area contributed by atoms with E-state index in [1.807, 2.05) is 25.1 Å². The van der Waals surface area contributed by atoms with E-state index in [0.29, 0.717) is 0 Å². The highest BCUT2D eigenvalue weighted by Gasteiger charge is 2.25. The van der Waals surface area contributed by atoms with E-state index in [4.69, 9.17) is 0 Å². The molecule has 18 heavy (non-hydrogen) atoms. The maximum atomic E-state index is 10.4. The van der Waals surface area contributed by atoms with Gasteiger partial charge in [0.15, 0.2) is 0 Å². The van der Waals surface area contributed by atoms with Crippen molar-refractivity contribution in [2.24, 2.45) is 0 Å². The molecule has 1 aromatic heterocycles. The fourth-order valence-corrected chi connectivity index (χ4v) is 3.15. The summed E-state index contributed by atoms with van der Waals surface area (Å²) in [5.74, 6) is 1.02. The topological polar surface area (TPSA) is 38.0 Å². The van der Waals surface area contributed by atoms with Gasteiger partial charge >= 0.3 is 0 Å². The molecule has 3 nitrogen and oxygen atoms in total.